The Morgan fingerprint density at radius 2 is 1.90 bits per heavy atom. The summed E-state index contributed by atoms with van der Waals surface area (Å²) in [7, 11) is 0. The largest absolute Gasteiger partial charge is 0.298 e. The molecule has 0 amide bonds. The first-order chi connectivity index (χ1) is 9.47. The lowest BCUT2D eigenvalue weighted by Gasteiger charge is -2.54. The number of benzene rings is 1. The van der Waals surface area contributed by atoms with Gasteiger partial charge in [0.25, 0.3) is 0 Å². The Bertz CT molecular complexity index is 621. The zero-order valence-corrected chi connectivity index (χ0v) is 12.3. The average molecular weight is 264 g/mol. The van der Waals surface area contributed by atoms with Crippen LogP contribution in [0.1, 0.15) is 32.8 Å². The Hall–Kier alpha value is -1.81. The van der Waals surface area contributed by atoms with Gasteiger partial charge in [0.1, 0.15) is 5.41 Å². The van der Waals surface area contributed by atoms with E-state index in [-0.39, 0.29) is 11.3 Å². The number of hydrogen-bond acceptors (Lipinski definition) is 1. The van der Waals surface area contributed by atoms with E-state index in [2.05, 4.69) is 44.8 Å². The molecule has 3 rings (SSSR count). The molecule has 1 aromatic rings. The van der Waals surface area contributed by atoms with E-state index in [9.17, 15) is 4.79 Å². The number of fused-ring (bicyclic) bond motifs is 1. The van der Waals surface area contributed by atoms with Crippen molar-refractivity contribution >= 4 is 5.78 Å². The Kier molecular flexibility index (Phi) is 2.87. The molecule has 0 spiro atoms. The maximum atomic E-state index is 12.7. The Labute approximate surface area is 121 Å². The van der Waals surface area contributed by atoms with Crippen LogP contribution in [0.3, 0.4) is 0 Å². The van der Waals surface area contributed by atoms with E-state index >= 15 is 0 Å². The molecule has 20 heavy (non-hydrogen) atoms. The van der Waals surface area contributed by atoms with E-state index in [0.29, 0.717) is 11.7 Å². The van der Waals surface area contributed by atoms with Gasteiger partial charge in [-0.15, -0.1) is 0 Å². The summed E-state index contributed by atoms with van der Waals surface area (Å²) >= 11 is 0. The first-order valence-corrected chi connectivity index (χ1v) is 7.26. The standard InChI is InChI=1S/C19H20O/c1-18(2,3)19(13-12-14-8-5-4-6-9-14)16-11-7-10-15(16)17(19)20/h4-9,11,15-16H,10H2,1-3H3/t15-,16+,19+/m1/s1. The summed E-state index contributed by atoms with van der Waals surface area (Å²) in [5.41, 5.74) is 0.330. The number of carbonyl (C=O) groups excluding carboxylic acids is 1. The molecular formula is C19H20O. The van der Waals surface area contributed by atoms with E-state index in [4.69, 9.17) is 0 Å². The molecule has 0 heterocycles. The zero-order chi connectivity index (χ0) is 14.4. The Morgan fingerprint density at radius 3 is 2.55 bits per heavy atom. The van der Waals surface area contributed by atoms with Crippen molar-refractivity contribution in [2.24, 2.45) is 22.7 Å². The van der Waals surface area contributed by atoms with Gasteiger partial charge < -0.3 is 0 Å². The van der Waals surface area contributed by atoms with Gasteiger partial charge in [-0.2, -0.15) is 0 Å². The lowest BCUT2D eigenvalue weighted by Crippen LogP contribution is -2.61. The number of Topliss-reactive ketones (excluding diaryl/α,β-unsaturated/α-hetero) is 1. The first kappa shape index (κ1) is 13.2. The molecule has 0 aliphatic heterocycles. The average Bonchev–Trinajstić information content (AvgIpc) is 2.84. The van der Waals surface area contributed by atoms with Gasteiger partial charge in [0.05, 0.1) is 0 Å². The fraction of sp³-hybridized carbons (Fsp3) is 0.421. The molecule has 0 saturated heterocycles. The molecule has 2 aliphatic rings. The summed E-state index contributed by atoms with van der Waals surface area (Å²) in [5.74, 6) is 7.41. The highest BCUT2D eigenvalue weighted by Crippen LogP contribution is 2.61. The number of rotatable bonds is 0. The summed E-state index contributed by atoms with van der Waals surface area (Å²) in [4.78, 5) is 12.7. The third-order valence-corrected chi connectivity index (χ3v) is 4.75. The predicted octanol–water partition coefficient (Wildman–Crippen LogP) is 3.85. The maximum Gasteiger partial charge on any atom is 0.156 e. The molecule has 0 unspecified atom stereocenters. The maximum absolute atomic E-state index is 12.7. The second-order valence-electron chi connectivity index (χ2n) is 6.83. The molecule has 0 N–H and O–H groups in total. The number of allylic oxidation sites excluding steroid dienone is 2. The van der Waals surface area contributed by atoms with Crippen LogP contribution >= 0.6 is 0 Å². The number of carbonyl (C=O) groups is 1. The van der Waals surface area contributed by atoms with Gasteiger partial charge in [-0.3, -0.25) is 4.79 Å². The predicted molar refractivity (Wildman–Crippen MR) is 81.0 cm³/mol. The molecule has 1 heteroatoms. The fourth-order valence-electron chi connectivity index (χ4n) is 3.62. The molecule has 1 aromatic carbocycles. The van der Waals surface area contributed by atoms with Crippen LogP contribution in [-0.4, -0.2) is 5.78 Å². The highest BCUT2D eigenvalue weighted by atomic mass is 16.1. The molecule has 0 radical (unpaired) electrons. The number of hydrogen-bond donors (Lipinski definition) is 0. The molecule has 2 aliphatic carbocycles. The van der Waals surface area contributed by atoms with Crippen molar-refractivity contribution in [1.82, 2.24) is 0 Å². The molecule has 1 nitrogen and oxygen atoms in total. The van der Waals surface area contributed by atoms with Crippen molar-refractivity contribution in [3.8, 4) is 11.8 Å². The molecule has 1 saturated carbocycles. The lowest BCUT2D eigenvalue weighted by molar-refractivity contribution is -0.155. The van der Waals surface area contributed by atoms with E-state index < -0.39 is 5.41 Å². The van der Waals surface area contributed by atoms with Crippen molar-refractivity contribution in [1.29, 1.82) is 0 Å². The van der Waals surface area contributed by atoms with Crippen LogP contribution in [0.15, 0.2) is 42.5 Å². The van der Waals surface area contributed by atoms with Gasteiger partial charge in [0.2, 0.25) is 0 Å². The molecule has 0 aromatic heterocycles. The highest BCUT2D eigenvalue weighted by Gasteiger charge is 2.65. The molecule has 0 bridgehead atoms. The fourth-order valence-corrected chi connectivity index (χ4v) is 3.62. The van der Waals surface area contributed by atoms with Gasteiger partial charge in [0.15, 0.2) is 5.78 Å². The third-order valence-electron chi connectivity index (χ3n) is 4.75. The molecule has 3 atom stereocenters. The molecule has 102 valence electrons. The minimum absolute atomic E-state index is 0.137. The van der Waals surface area contributed by atoms with Crippen molar-refractivity contribution in [2.45, 2.75) is 27.2 Å². The van der Waals surface area contributed by atoms with E-state index in [1.54, 1.807) is 0 Å². The monoisotopic (exact) mass is 264 g/mol. The quantitative estimate of drug-likeness (QED) is 0.514. The molecule has 1 fully saturated rings. The minimum atomic E-state index is -0.513. The van der Waals surface area contributed by atoms with Crippen LogP contribution in [0, 0.1) is 34.5 Å². The summed E-state index contributed by atoms with van der Waals surface area (Å²) in [6.07, 6.45) is 5.25. The van der Waals surface area contributed by atoms with Crippen molar-refractivity contribution in [3.05, 3.63) is 48.0 Å². The van der Waals surface area contributed by atoms with Crippen LogP contribution in [0.5, 0.6) is 0 Å². The van der Waals surface area contributed by atoms with Gasteiger partial charge in [-0.1, -0.05) is 63.0 Å². The van der Waals surface area contributed by atoms with Crippen LogP contribution in [0.4, 0.5) is 0 Å². The number of ketones is 1. The normalized spacial score (nSPS) is 31.2. The smallest absolute Gasteiger partial charge is 0.156 e. The minimum Gasteiger partial charge on any atom is -0.298 e. The topological polar surface area (TPSA) is 17.1 Å². The third kappa shape index (κ3) is 1.68. The summed E-state index contributed by atoms with van der Waals surface area (Å²) in [6.45, 7) is 6.40. The van der Waals surface area contributed by atoms with Crippen molar-refractivity contribution < 1.29 is 4.79 Å². The van der Waals surface area contributed by atoms with Crippen molar-refractivity contribution in [3.63, 3.8) is 0 Å². The lowest BCUT2D eigenvalue weighted by atomic mass is 9.45. The molecular weight excluding hydrogens is 244 g/mol. The Morgan fingerprint density at radius 1 is 1.20 bits per heavy atom. The SMILES string of the molecule is CC(C)(C)[C@]1(C#Cc2ccccc2)C(=O)[C@@H]2CC=C[C@@H]21. The van der Waals surface area contributed by atoms with Gasteiger partial charge in [0, 0.05) is 17.4 Å². The summed E-state index contributed by atoms with van der Waals surface area (Å²) in [6, 6.07) is 9.93. The highest BCUT2D eigenvalue weighted by molar-refractivity contribution is 5.99. The van der Waals surface area contributed by atoms with E-state index in [1.807, 2.05) is 30.3 Å². The summed E-state index contributed by atoms with van der Waals surface area (Å²) in [5, 5.41) is 0. The first-order valence-electron chi connectivity index (χ1n) is 7.26. The van der Waals surface area contributed by atoms with Crippen molar-refractivity contribution in [2.75, 3.05) is 0 Å². The van der Waals surface area contributed by atoms with Crippen LogP contribution < -0.4 is 0 Å². The van der Waals surface area contributed by atoms with E-state index in [1.165, 1.54) is 0 Å². The van der Waals surface area contributed by atoms with Gasteiger partial charge >= 0.3 is 0 Å². The van der Waals surface area contributed by atoms with Gasteiger partial charge in [-0.25, -0.2) is 0 Å². The Balaban J connectivity index is 2.04. The van der Waals surface area contributed by atoms with Crippen LogP contribution in [0.2, 0.25) is 0 Å². The zero-order valence-electron chi connectivity index (χ0n) is 12.3. The van der Waals surface area contributed by atoms with Crippen LogP contribution in [-0.2, 0) is 4.79 Å². The second-order valence-corrected chi connectivity index (χ2v) is 6.83. The van der Waals surface area contributed by atoms with Gasteiger partial charge in [-0.05, 0) is 24.0 Å². The van der Waals surface area contributed by atoms with E-state index in [0.717, 1.165) is 12.0 Å². The summed E-state index contributed by atoms with van der Waals surface area (Å²) < 4.78 is 0. The second kappa shape index (κ2) is 4.35. The van der Waals surface area contributed by atoms with Crippen LogP contribution in [0.25, 0.3) is 0 Å².